The summed E-state index contributed by atoms with van der Waals surface area (Å²) in [6.07, 6.45) is 8.84. The van der Waals surface area contributed by atoms with Crippen LogP contribution in [0.1, 0.15) is 32.6 Å². The molecule has 1 saturated carbocycles. The number of anilines is 1. The maximum absolute atomic E-state index is 12.3. The lowest BCUT2D eigenvalue weighted by Gasteiger charge is -2.25. The van der Waals surface area contributed by atoms with Gasteiger partial charge in [-0.25, -0.2) is 23.1 Å². The van der Waals surface area contributed by atoms with E-state index in [0.29, 0.717) is 6.54 Å². The standard InChI is InChI=1S/C17H22N6O2S/c1-2-12-7-11(21-26(24,25)13-3-4-13)10-22(12)16-9-19-15-8-20-17-14(23(15)16)5-6-18-17/h5-6,8-9,11-13,18,21H,2-4,7,10H2,1H3/t11-,12+/m0/s1. The number of aromatic nitrogens is 4. The van der Waals surface area contributed by atoms with Crippen LogP contribution in [-0.2, 0) is 10.0 Å². The zero-order chi connectivity index (χ0) is 17.9. The van der Waals surface area contributed by atoms with Gasteiger partial charge in [-0.3, -0.25) is 4.40 Å². The van der Waals surface area contributed by atoms with Crippen LogP contribution in [0.15, 0.2) is 24.7 Å². The molecule has 1 saturated heterocycles. The molecule has 8 nitrogen and oxygen atoms in total. The maximum Gasteiger partial charge on any atom is 0.214 e. The first-order valence-corrected chi connectivity index (χ1v) is 10.7. The highest BCUT2D eigenvalue weighted by Gasteiger charge is 2.40. The van der Waals surface area contributed by atoms with Crippen molar-refractivity contribution in [3.05, 3.63) is 24.7 Å². The molecule has 2 aliphatic rings. The van der Waals surface area contributed by atoms with Crippen LogP contribution in [0, 0.1) is 0 Å². The summed E-state index contributed by atoms with van der Waals surface area (Å²) in [6, 6.07) is 2.22. The smallest absolute Gasteiger partial charge is 0.214 e. The molecular weight excluding hydrogens is 352 g/mol. The van der Waals surface area contributed by atoms with Crippen molar-refractivity contribution in [2.45, 2.75) is 49.9 Å². The maximum atomic E-state index is 12.3. The molecule has 2 fully saturated rings. The van der Waals surface area contributed by atoms with Crippen molar-refractivity contribution in [1.82, 2.24) is 24.1 Å². The molecule has 138 valence electrons. The Hall–Kier alpha value is -2.13. The Morgan fingerprint density at radius 1 is 1.31 bits per heavy atom. The van der Waals surface area contributed by atoms with Gasteiger partial charge in [0.2, 0.25) is 10.0 Å². The molecule has 0 radical (unpaired) electrons. The van der Waals surface area contributed by atoms with Crippen LogP contribution in [0.4, 0.5) is 5.82 Å². The molecule has 0 aromatic carbocycles. The normalized spacial score (nSPS) is 24.1. The van der Waals surface area contributed by atoms with Crippen LogP contribution in [-0.4, -0.2) is 51.6 Å². The quantitative estimate of drug-likeness (QED) is 0.708. The molecule has 0 spiro atoms. The number of hydrogen-bond acceptors (Lipinski definition) is 5. The lowest BCUT2D eigenvalue weighted by Crippen LogP contribution is -2.39. The number of sulfonamides is 1. The van der Waals surface area contributed by atoms with E-state index in [1.165, 1.54) is 0 Å². The second-order valence-corrected chi connectivity index (χ2v) is 9.28. The van der Waals surface area contributed by atoms with E-state index in [1.807, 2.05) is 18.5 Å². The number of nitrogens with zero attached hydrogens (tertiary/aromatic N) is 4. The third kappa shape index (κ3) is 2.49. The average molecular weight is 374 g/mol. The van der Waals surface area contributed by atoms with E-state index in [0.717, 1.165) is 48.3 Å². The van der Waals surface area contributed by atoms with Crippen LogP contribution in [0.25, 0.3) is 16.8 Å². The van der Waals surface area contributed by atoms with Gasteiger partial charge in [-0.2, -0.15) is 0 Å². The summed E-state index contributed by atoms with van der Waals surface area (Å²) in [5.41, 5.74) is 2.59. The molecule has 5 rings (SSSR count). The Morgan fingerprint density at radius 2 is 2.15 bits per heavy atom. The average Bonchev–Trinajstić information content (AvgIpc) is 3.06. The zero-order valence-electron chi connectivity index (χ0n) is 14.6. The summed E-state index contributed by atoms with van der Waals surface area (Å²) < 4.78 is 29.7. The number of rotatable bonds is 5. The molecule has 9 heteroatoms. The molecule has 2 atom stereocenters. The monoisotopic (exact) mass is 374 g/mol. The van der Waals surface area contributed by atoms with Crippen LogP contribution >= 0.6 is 0 Å². The highest BCUT2D eigenvalue weighted by atomic mass is 32.2. The van der Waals surface area contributed by atoms with Crippen molar-refractivity contribution in [2.75, 3.05) is 11.4 Å². The van der Waals surface area contributed by atoms with Gasteiger partial charge in [0.25, 0.3) is 0 Å². The van der Waals surface area contributed by atoms with Gasteiger partial charge in [0.15, 0.2) is 11.3 Å². The third-order valence-electron chi connectivity index (χ3n) is 5.50. The second-order valence-electron chi connectivity index (χ2n) is 7.29. The Labute approximate surface area is 151 Å². The molecule has 3 aromatic rings. The summed E-state index contributed by atoms with van der Waals surface area (Å²) in [5, 5.41) is -0.182. The fourth-order valence-corrected chi connectivity index (χ4v) is 5.62. The SMILES string of the molecule is CC[C@@H]1C[C@H](NS(=O)(=O)C2CC2)CN1c1cnc2cnc3[nH]ccc3n12. The summed E-state index contributed by atoms with van der Waals surface area (Å²) in [5.74, 6) is 0.993. The summed E-state index contributed by atoms with van der Waals surface area (Å²) >= 11 is 0. The van der Waals surface area contributed by atoms with E-state index in [-0.39, 0.29) is 17.3 Å². The predicted octanol–water partition coefficient (Wildman–Crippen LogP) is 1.65. The fraction of sp³-hybridized carbons (Fsp3) is 0.529. The van der Waals surface area contributed by atoms with Crippen molar-refractivity contribution >= 4 is 32.7 Å². The molecule has 2 N–H and O–H groups in total. The van der Waals surface area contributed by atoms with Crippen molar-refractivity contribution in [3.8, 4) is 0 Å². The van der Waals surface area contributed by atoms with Crippen LogP contribution in [0.2, 0.25) is 0 Å². The first kappa shape index (κ1) is 16.1. The van der Waals surface area contributed by atoms with Gasteiger partial charge >= 0.3 is 0 Å². The van der Waals surface area contributed by atoms with Gasteiger partial charge in [0, 0.05) is 24.8 Å². The Balaban J connectivity index is 1.50. The van der Waals surface area contributed by atoms with E-state index < -0.39 is 10.0 Å². The highest BCUT2D eigenvalue weighted by molar-refractivity contribution is 7.90. The highest BCUT2D eigenvalue weighted by Crippen LogP contribution is 2.32. The van der Waals surface area contributed by atoms with Gasteiger partial charge in [0.1, 0.15) is 5.82 Å². The van der Waals surface area contributed by atoms with Gasteiger partial charge < -0.3 is 9.88 Å². The molecule has 0 amide bonds. The van der Waals surface area contributed by atoms with E-state index in [1.54, 1.807) is 6.20 Å². The van der Waals surface area contributed by atoms with Crippen LogP contribution < -0.4 is 9.62 Å². The number of hydrogen-bond donors (Lipinski definition) is 2. The molecule has 1 aliphatic carbocycles. The molecule has 3 aromatic heterocycles. The first-order chi connectivity index (χ1) is 12.6. The van der Waals surface area contributed by atoms with E-state index in [2.05, 4.69) is 35.9 Å². The van der Waals surface area contributed by atoms with Crippen LogP contribution in [0.3, 0.4) is 0 Å². The predicted molar refractivity (Wildman–Crippen MR) is 99.8 cm³/mol. The minimum absolute atomic E-state index is 0.0559. The Bertz CT molecular complexity index is 1070. The van der Waals surface area contributed by atoms with Crippen molar-refractivity contribution < 1.29 is 8.42 Å². The van der Waals surface area contributed by atoms with Crippen molar-refractivity contribution in [2.24, 2.45) is 0 Å². The lowest BCUT2D eigenvalue weighted by atomic mass is 10.1. The first-order valence-electron chi connectivity index (χ1n) is 9.14. The van der Waals surface area contributed by atoms with Gasteiger partial charge in [-0.1, -0.05) is 6.92 Å². The number of aromatic amines is 1. The number of fused-ring (bicyclic) bond motifs is 3. The number of H-pyrrole nitrogens is 1. The molecular formula is C17H22N6O2S. The summed E-state index contributed by atoms with van der Waals surface area (Å²) in [7, 11) is -3.18. The van der Waals surface area contributed by atoms with Gasteiger partial charge in [-0.15, -0.1) is 0 Å². The van der Waals surface area contributed by atoms with E-state index in [9.17, 15) is 8.42 Å². The summed E-state index contributed by atoms with van der Waals surface area (Å²) in [6.45, 7) is 2.80. The minimum Gasteiger partial charge on any atom is -0.352 e. The lowest BCUT2D eigenvalue weighted by molar-refractivity contribution is 0.550. The van der Waals surface area contributed by atoms with Crippen molar-refractivity contribution in [1.29, 1.82) is 0 Å². The second kappa shape index (κ2) is 5.68. The minimum atomic E-state index is -3.18. The third-order valence-corrected chi connectivity index (χ3v) is 7.51. The molecule has 26 heavy (non-hydrogen) atoms. The topological polar surface area (TPSA) is 95.4 Å². The van der Waals surface area contributed by atoms with Gasteiger partial charge in [0.05, 0.1) is 23.2 Å². The number of nitrogens with one attached hydrogen (secondary N) is 2. The molecule has 0 unspecified atom stereocenters. The number of imidazole rings is 1. The molecule has 0 bridgehead atoms. The van der Waals surface area contributed by atoms with Crippen molar-refractivity contribution in [3.63, 3.8) is 0 Å². The summed E-state index contributed by atoms with van der Waals surface area (Å²) in [4.78, 5) is 14.3. The fourth-order valence-electron chi connectivity index (χ4n) is 4.03. The Morgan fingerprint density at radius 3 is 2.92 bits per heavy atom. The molecule has 4 heterocycles. The zero-order valence-corrected chi connectivity index (χ0v) is 15.4. The molecule has 1 aliphatic heterocycles. The largest absolute Gasteiger partial charge is 0.352 e. The van der Waals surface area contributed by atoms with E-state index in [4.69, 9.17) is 0 Å². The van der Waals surface area contributed by atoms with E-state index >= 15 is 0 Å². The van der Waals surface area contributed by atoms with Gasteiger partial charge in [-0.05, 0) is 31.7 Å². The Kier molecular flexibility index (Phi) is 3.51. The van der Waals surface area contributed by atoms with Crippen LogP contribution in [0.5, 0.6) is 0 Å².